The monoisotopic (exact) mass is 235 g/mol. The van der Waals surface area contributed by atoms with Crippen LogP contribution in [-0.2, 0) is 0 Å². The fraction of sp³-hybridized carbons (Fsp3) is 0.250. The molecule has 0 radical (unpaired) electrons. The van der Waals surface area contributed by atoms with Gasteiger partial charge in [-0.1, -0.05) is 0 Å². The maximum Gasteiger partial charge on any atom is 0.128 e. The normalized spacial score (nSPS) is 12.5. The van der Waals surface area contributed by atoms with E-state index in [1.807, 2.05) is 6.92 Å². The lowest BCUT2D eigenvalue weighted by Gasteiger charge is -2.05. The molecule has 0 bridgehead atoms. The summed E-state index contributed by atoms with van der Waals surface area (Å²) in [5.41, 5.74) is 7.75. The van der Waals surface area contributed by atoms with Crippen LogP contribution in [0, 0.1) is 5.82 Å². The molecule has 1 heterocycles. The Kier molecular flexibility index (Phi) is 3.10. The zero-order chi connectivity index (χ0) is 12.4. The van der Waals surface area contributed by atoms with Crippen LogP contribution in [0.1, 0.15) is 18.7 Å². The van der Waals surface area contributed by atoms with Crippen molar-refractivity contribution >= 4 is 0 Å². The van der Waals surface area contributed by atoms with Crippen molar-refractivity contribution in [2.45, 2.75) is 13.0 Å². The molecule has 0 aliphatic heterocycles. The van der Waals surface area contributed by atoms with Crippen molar-refractivity contribution in [1.82, 2.24) is 10.2 Å². The summed E-state index contributed by atoms with van der Waals surface area (Å²) in [6.07, 6.45) is 0. The summed E-state index contributed by atoms with van der Waals surface area (Å²) in [4.78, 5) is 0. The van der Waals surface area contributed by atoms with Gasteiger partial charge in [-0.15, -0.1) is 0 Å². The molecular formula is C12H14FN3O. The van der Waals surface area contributed by atoms with E-state index in [4.69, 9.17) is 10.5 Å². The number of halogens is 1. The first-order valence-corrected chi connectivity index (χ1v) is 5.26. The maximum absolute atomic E-state index is 13.2. The van der Waals surface area contributed by atoms with E-state index < -0.39 is 0 Å². The second kappa shape index (κ2) is 4.55. The lowest BCUT2D eigenvalue weighted by atomic mass is 10.1. The summed E-state index contributed by atoms with van der Waals surface area (Å²) in [6, 6.07) is 5.96. The lowest BCUT2D eigenvalue weighted by molar-refractivity contribution is 0.415. The average Bonchev–Trinajstić information content (AvgIpc) is 2.78. The fourth-order valence-corrected chi connectivity index (χ4v) is 1.59. The number of aromatic nitrogens is 2. The van der Waals surface area contributed by atoms with E-state index in [9.17, 15) is 4.39 Å². The highest BCUT2D eigenvalue weighted by Crippen LogP contribution is 2.30. The smallest absolute Gasteiger partial charge is 0.128 e. The van der Waals surface area contributed by atoms with Crippen molar-refractivity contribution in [3.8, 4) is 17.0 Å². The Bertz CT molecular complexity index is 522. The van der Waals surface area contributed by atoms with Gasteiger partial charge in [0, 0.05) is 11.6 Å². The van der Waals surface area contributed by atoms with Gasteiger partial charge in [0.15, 0.2) is 0 Å². The fourth-order valence-electron chi connectivity index (χ4n) is 1.59. The van der Waals surface area contributed by atoms with Crippen LogP contribution < -0.4 is 10.5 Å². The maximum atomic E-state index is 13.2. The molecule has 0 saturated heterocycles. The Morgan fingerprint density at radius 1 is 1.41 bits per heavy atom. The van der Waals surface area contributed by atoms with Crippen LogP contribution in [0.25, 0.3) is 11.3 Å². The predicted octanol–water partition coefficient (Wildman–Crippen LogP) is 2.24. The number of ether oxygens (including phenoxy) is 1. The van der Waals surface area contributed by atoms with E-state index >= 15 is 0 Å². The number of nitrogens with zero attached hydrogens (tertiary/aromatic N) is 1. The molecule has 90 valence electrons. The van der Waals surface area contributed by atoms with Gasteiger partial charge in [0.2, 0.25) is 0 Å². The van der Waals surface area contributed by atoms with Gasteiger partial charge in [-0.25, -0.2) is 4.39 Å². The first-order valence-electron chi connectivity index (χ1n) is 5.26. The third-order valence-corrected chi connectivity index (χ3v) is 2.53. The minimum atomic E-state index is -0.328. The van der Waals surface area contributed by atoms with Crippen LogP contribution in [0.5, 0.6) is 5.75 Å². The SMILES string of the molecule is COc1ccc(F)cc1-c1cc(C(C)N)[nH]n1. The number of nitrogens with one attached hydrogen (secondary N) is 1. The molecule has 4 nitrogen and oxygen atoms in total. The molecule has 17 heavy (non-hydrogen) atoms. The van der Waals surface area contributed by atoms with E-state index in [-0.39, 0.29) is 11.9 Å². The largest absolute Gasteiger partial charge is 0.496 e. The van der Waals surface area contributed by atoms with Gasteiger partial charge in [0.05, 0.1) is 18.5 Å². The topological polar surface area (TPSA) is 63.9 Å². The lowest BCUT2D eigenvalue weighted by Crippen LogP contribution is -2.04. The average molecular weight is 235 g/mol. The number of methoxy groups -OCH3 is 1. The molecule has 0 spiro atoms. The van der Waals surface area contributed by atoms with E-state index in [1.54, 1.807) is 12.1 Å². The van der Waals surface area contributed by atoms with Crippen LogP contribution in [0.3, 0.4) is 0 Å². The van der Waals surface area contributed by atoms with Crippen LogP contribution in [0.2, 0.25) is 0 Å². The van der Waals surface area contributed by atoms with Gasteiger partial charge in [-0.05, 0) is 31.2 Å². The molecule has 0 fully saturated rings. The third-order valence-electron chi connectivity index (χ3n) is 2.53. The molecule has 1 atom stereocenters. The van der Waals surface area contributed by atoms with Crippen LogP contribution in [0.15, 0.2) is 24.3 Å². The minimum absolute atomic E-state index is 0.143. The number of benzene rings is 1. The molecular weight excluding hydrogens is 221 g/mol. The third kappa shape index (κ3) is 2.29. The van der Waals surface area contributed by atoms with Crippen LogP contribution in [0.4, 0.5) is 4.39 Å². The van der Waals surface area contributed by atoms with Crippen LogP contribution in [-0.4, -0.2) is 17.3 Å². The zero-order valence-electron chi connectivity index (χ0n) is 9.70. The summed E-state index contributed by atoms with van der Waals surface area (Å²) in [6.45, 7) is 1.85. The van der Waals surface area contributed by atoms with Gasteiger partial charge in [-0.2, -0.15) is 5.10 Å². The summed E-state index contributed by atoms with van der Waals surface area (Å²) in [5.74, 6) is 0.250. The Labute approximate surface area is 98.6 Å². The number of aromatic amines is 1. The second-order valence-corrected chi connectivity index (χ2v) is 3.84. The molecule has 0 amide bonds. The molecule has 0 aliphatic carbocycles. The van der Waals surface area contributed by atoms with Gasteiger partial charge in [0.1, 0.15) is 11.6 Å². The Hall–Kier alpha value is -1.88. The van der Waals surface area contributed by atoms with Crippen molar-refractivity contribution in [2.24, 2.45) is 5.73 Å². The van der Waals surface area contributed by atoms with E-state index in [0.717, 1.165) is 5.69 Å². The van der Waals surface area contributed by atoms with E-state index in [1.165, 1.54) is 19.2 Å². The number of rotatable bonds is 3. The standard InChI is InChI=1S/C12H14FN3O/c1-7(14)10-6-11(16-15-10)9-5-8(13)3-4-12(9)17-2/h3-7H,14H2,1-2H3,(H,15,16). The number of nitrogens with two attached hydrogens (primary N) is 1. The molecule has 2 aromatic rings. The Morgan fingerprint density at radius 2 is 2.18 bits per heavy atom. The number of H-pyrrole nitrogens is 1. The zero-order valence-corrected chi connectivity index (χ0v) is 9.70. The minimum Gasteiger partial charge on any atom is -0.496 e. The quantitative estimate of drug-likeness (QED) is 0.857. The van der Waals surface area contributed by atoms with Crippen molar-refractivity contribution in [3.63, 3.8) is 0 Å². The van der Waals surface area contributed by atoms with Crippen LogP contribution >= 0.6 is 0 Å². The summed E-state index contributed by atoms with van der Waals surface area (Å²) < 4.78 is 18.4. The number of hydrogen-bond acceptors (Lipinski definition) is 3. The van der Waals surface area contributed by atoms with Crippen molar-refractivity contribution in [3.05, 3.63) is 35.8 Å². The van der Waals surface area contributed by atoms with E-state index in [2.05, 4.69) is 10.2 Å². The number of hydrogen-bond donors (Lipinski definition) is 2. The highest BCUT2D eigenvalue weighted by Gasteiger charge is 2.12. The first-order chi connectivity index (χ1) is 8.11. The predicted molar refractivity (Wildman–Crippen MR) is 63.1 cm³/mol. The summed E-state index contributed by atoms with van der Waals surface area (Å²) in [5, 5.41) is 6.93. The van der Waals surface area contributed by atoms with Crippen molar-refractivity contribution in [1.29, 1.82) is 0 Å². The van der Waals surface area contributed by atoms with Gasteiger partial charge in [0.25, 0.3) is 0 Å². The highest BCUT2D eigenvalue weighted by atomic mass is 19.1. The Balaban J connectivity index is 2.47. The molecule has 0 saturated carbocycles. The van der Waals surface area contributed by atoms with Crippen molar-refractivity contribution in [2.75, 3.05) is 7.11 Å². The molecule has 5 heteroatoms. The Morgan fingerprint density at radius 3 is 2.76 bits per heavy atom. The van der Waals surface area contributed by atoms with Gasteiger partial charge in [-0.3, -0.25) is 5.10 Å². The first kappa shape index (κ1) is 11.6. The molecule has 1 aromatic heterocycles. The summed E-state index contributed by atoms with van der Waals surface area (Å²) >= 11 is 0. The van der Waals surface area contributed by atoms with Gasteiger partial charge >= 0.3 is 0 Å². The molecule has 3 N–H and O–H groups in total. The van der Waals surface area contributed by atoms with Gasteiger partial charge < -0.3 is 10.5 Å². The summed E-state index contributed by atoms with van der Waals surface area (Å²) in [7, 11) is 1.54. The van der Waals surface area contributed by atoms with E-state index in [0.29, 0.717) is 17.0 Å². The molecule has 0 aliphatic rings. The van der Waals surface area contributed by atoms with Crippen molar-refractivity contribution < 1.29 is 9.13 Å². The molecule has 1 unspecified atom stereocenters. The molecule has 2 rings (SSSR count). The highest BCUT2D eigenvalue weighted by molar-refractivity contribution is 5.67. The second-order valence-electron chi connectivity index (χ2n) is 3.84. The molecule has 1 aromatic carbocycles.